The van der Waals surface area contributed by atoms with Gasteiger partial charge in [0.05, 0.1) is 24.9 Å². The van der Waals surface area contributed by atoms with Crippen LogP contribution < -0.4 is 4.72 Å². The Morgan fingerprint density at radius 1 is 1.34 bits per heavy atom. The number of aryl methyl sites for hydroxylation is 1. The molecule has 1 aliphatic heterocycles. The summed E-state index contributed by atoms with van der Waals surface area (Å²) in [5.74, 6) is -1.03. The number of hydrogen-bond acceptors (Lipinski definition) is 6. The van der Waals surface area contributed by atoms with Crippen molar-refractivity contribution in [3.05, 3.63) is 45.6 Å². The Hall–Kier alpha value is -2.46. The molecule has 0 fully saturated rings. The molecule has 1 unspecified atom stereocenters. The summed E-state index contributed by atoms with van der Waals surface area (Å²) in [4.78, 5) is 27.5. The average molecular weight is 483 g/mol. The van der Waals surface area contributed by atoms with Crippen LogP contribution in [-0.2, 0) is 32.5 Å². The molecule has 1 amide bonds. The van der Waals surface area contributed by atoms with Crippen molar-refractivity contribution in [2.45, 2.75) is 50.8 Å². The van der Waals surface area contributed by atoms with E-state index in [0.717, 1.165) is 23.8 Å². The Morgan fingerprint density at radius 2 is 2.06 bits per heavy atom. The third-order valence-electron chi connectivity index (χ3n) is 5.65. The fourth-order valence-electron chi connectivity index (χ4n) is 3.52. The van der Waals surface area contributed by atoms with Gasteiger partial charge in [-0.2, -0.15) is 0 Å². The van der Waals surface area contributed by atoms with Gasteiger partial charge in [0, 0.05) is 17.8 Å². The lowest BCUT2D eigenvalue weighted by atomic mass is 10.0. The highest BCUT2D eigenvalue weighted by molar-refractivity contribution is 7.94. The van der Waals surface area contributed by atoms with E-state index in [2.05, 4.69) is 4.72 Å². The highest BCUT2D eigenvalue weighted by atomic mass is 32.2. The minimum absolute atomic E-state index is 0.00989. The van der Waals surface area contributed by atoms with Gasteiger partial charge >= 0.3 is 5.97 Å². The van der Waals surface area contributed by atoms with E-state index in [1.54, 1.807) is 11.8 Å². The van der Waals surface area contributed by atoms with Crippen LogP contribution in [0.4, 0.5) is 10.1 Å². The molecule has 2 heterocycles. The van der Waals surface area contributed by atoms with Crippen LogP contribution in [0.25, 0.3) is 0 Å². The molecular formula is C22H27FN2O5S2. The number of methoxy groups -OCH3 is 1. The fourth-order valence-corrected chi connectivity index (χ4v) is 6.47. The van der Waals surface area contributed by atoms with Crippen LogP contribution in [0, 0.1) is 18.7 Å². The maximum absolute atomic E-state index is 13.9. The molecule has 3 rings (SSSR count). The lowest BCUT2D eigenvalue weighted by Gasteiger charge is -2.28. The maximum Gasteiger partial charge on any atom is 0.340 e. The average Bonchev–Trinajstić information content (AvgIpc) is 3.15. The van der Waals surface area contributed by atoms with Crippen molar-refractivity contribution in [1.29, 1.82) is 0 Å². The van der Waals surface area contributed by atoms with E-state index in [1.807, 2.05) is 13.8 Å². The molecule has 0 aliphatic carbocycles. The number of ether oxygens (including phenoxy) is 1. The third-order valence-corrected chi connectivity index (χ3v) is 8.77. The van der Waals surface area contributed by atoms with Gasteiger partial charge in [-0.1, -0.05) is 26.3 Å². The summed E-state index contributed by atoms with van der Waals surface area (Å²) in [5.41, 5.74) is 1.02. The molecule has 0 radical (unpaired) electrons. The highest BCUT2D eigenvalue weighted by Gasteiger charge is 2.35. The van der Waals surface area contributed by atoms with E-state index in [-0.39, 0.29) is 33.8 Å². The number of fused-ring (bicyclic) bond motifs is 1. The number of carbonyl (C=O) groups is 2. The Balaban J connectivity index is 1.96. The number of benzene rings is 1. The van der Waals surface area contributed by atoms with Gasteiger partial charge < -0.3 is 9.64 Å². The lowest BCUT2D eigenvalue weighted by Crippen LogP contribution is -2.36. The van der Waals surface area contributed by atoms with E-state index >= 15 is 0 Å². The molecule has 1 atom stereocenters. The van der Waals surface area contributed by atoms with Gasteiger partial charge in [0.2, 0.25) is 5.91 Å². The smallest absolute Gasteiger partial charge is 0.340 e. The van der Waals surface area contributed by atoms with E-state index < -0.39 is 21.8 Å². The van der Waals surface area contributed by atoms with Gasteiger partial charge in [0.25, 0.3) is 10.0 Å². The summed E-state index contributed by atoms with van der Waals surface area (Å²) < 4.78 is 47.2. The van der Waals surface area contributed by atoms with Crippen LogP contribution in [0.5, 0.6) is 0 Å². The van der Waals surface area contributed by atoms with E-state index in [0.29, 0.717) is 35.4 Å². The number of esters is 1. The summed E-state index contributed by atoms with van der Waals surface area (Å²) in [6.07, 6.45) is 1.67. The molecule has 0 spiro atoms. The number of anilines is 1. The lowest BCUT2D eigenvalue weighted by molar-refractivity contribution is -0.133. The Bertz CT molecular complexity index is 1140. The SMILES string of the molecule is CCC(C)CC(=O)N1CCc2c(sc(S(=O)(=O)Nc3ccc(C)c(F)c3)c2C(=O)OC)C1. The Morgan fingerprint density at radius 3 is 2.69 bits per heavy atom. The molecular weight excluding hydrogens is 455 g/mol. The van der Waals surface area contributed by atoms with Gasteiger partial charge in [-0.25, -0.2) is 17.6 Å². The largest absolute Gasteiger partial charge is 0.465 e. The minimum atomic E-state index is -4.19. The fraction of sp³-hybridized carbons (Fsp3) is 0.455. The maximum atomic E-state index is 13.9. The number of nitrogens with one attached hydrogen (secondary N) is 1. The van der Waals surface area contributed by atoms with Gasteiger partial charge in [0.15, 0.2) is 4.21 Å². The number of nitrogens with zero attached hydrogens (tertiary/aromatic N) is 1. The predicted molar refractivity (Wildman–Crippen MR) is 121 cm³/mol. The van der Waals surface area contributed by atoms with Crippen molar-refractivity contribution in [3.8, 4) is 0 Å². The topological polar surface area (TPSA) is 92.8 Å². The number of rotatable bonds is 7. The number of amides is 1. The van der Waals surface area contributed by atoms with Crippen molar-refractivity contribution in [2.75, 3.05) is 18.4 Å². The number of sulfonamides is 1. The van der Waals surface area contributed by atoms with Crippen molar-refractivity contribution < 1.29 is 27.1 Å². The van der Waals surface area contributed by atoms with E-state index in [9.17, 15) is 22.4 Å². The third kappa shape index (κ3) is 4.96. The Kier molecular flexibility index (Phi) is 7.24. The highest BCUT2D eigenvalue weighted by Crippen LogP contribution is 2.37. The van der Waals surface area contributed by atoms with E-state index in [1.165, 1.54) is 19.2 Å². The van der Waals surface area contributed by atoms with Crippen LogP contribution in [0.15, 0.2) is 22.4 Å². The van der Waals surface area contributed by atoms with Crippen LogP contribution in [0.3, 0.4) is 0 Å². The van der Waals surface area contributed by atoms with Crippen molar-refractivity contribution >= 4 is 38.9 Å². The normalized spacial score (nSPS) is 14.6. The molecule has 1 aromatic carbocycles. The summed E-state index contributed by atoms with van der Waals surface area (Å²) in [6.45, 7) is 6.26. The second-order valence-electron chi connectivity index (χ2n) is 8.01. The number of hydrogen-bond donors (Lipinski definition) is 1. The van der Waals surface area contributed by atoms with Gasteiger partial charge in [-0.3, -0.25) is 9.52 Å². The first-order valence-corrected chi connectivity index (χ1v) is 12.7. The second-order valence-corrected chi connectivity index (χ2v) is 11.0. The standard InChI is InChI=1S/C22H27FN2O5S2/c1-5-13(2)10-19(26)25-9-8-16-18(12-25)31-22(20(16)21(27)30-4)32(28,29)24-15-7-6-14(3)17(23)11-15/h6-7,11,13,24H,5,8-10,12H2,1-4H3. The summed E-state index contributed by atoms with van der Waals surface area (Å²) in [6, 6.07) is 4.01. The molecule has 7 nitrogen and oxygen atoms in total. The van der Waals surface area contributed by atoms with Crippen LogP contribution in [-0.4, -0.2) is 38.8 Å². The van der Waals surface area contributed by atoms with Crippen molar-refractivity contribution in [1.82, 2.24) is 4.90 Å². The minimum Gasteiger partial charge on any atom is -0.465 e. The molecule has 174 valence electrons. The van der Waals surface area contributed by atoms with Crippen molar-refractivity contribution in [3.63, 3.8) is 0 Å². The molecule has 1 aliphatic rings. The van der Waals surface area contributed by atoms with E-state index in [4.69, 9.17) is 4.74 Å². The van der Waals surface area contributed by atoms with Gasteiger partial charge in [-0.15, -0.1) is 11.3 Å². The summed E-state index contributed by atoms with van der Waals surface area (Å²) >= 11 is 0.946. The summed E-state index contributed by atoms with van der Waals surface area (Å²) in [5, 5.41) is 0. The van der Waals surface area contributed by atoms with Crippen LogP contribution in [0.2, 0.25) is 0 Å². The predicted octanol–water partition coefficient (Wildman–Crippen LogP) is 4.10. The van der Waals surface area contributed by atoms with Gasteiger partial charge in [-0.05, 0) is 42.5 Å². The molecule has 1 N–H and O–H groups in total. The van der Waals surface area contributed by atoms with Gasteiger partial charge in [0.1, 0.15) is 5.82 Å². The number of halogens is 1. The first kappa shape index (κ1) is 24.2. The van der Waals surface area contributed by atoms with Crippen LogP contribution in [0.1, 0.15) is 53.1 Å². The van der Waals surface area contributed by atoms with Crippen molar-refractivity contribution in [2.24, 2.45) is 5.92 Å². The first-order chi connectivity index (χ1) is 15.1. The number of carbonyl (C=O) groups excluding carboxylic acids is 2. The molecule has 32 heavy (non-hydrogen) atoms. The molecule has 1 aromatic heterocycles. The van der Waals surface area contributed by atoms with Crippen LogP contribution >= 0.6 is 11.3 Å². The zero-order valence-corrected chi connectivity index (χ0v) is 20.2. The first-order valence-electron chi connectivity index (χ1n) is 10.4. The molecule has 2 aromatic rings. The molecule has 10 heteroatoms. The molecule has 0 saturated carbocycles. The Labute approximate surface area is 191 Å². The second kappa shape index (κ2) is 9.58. The zero-order chi connectivity index (χ0) is 23.6. The molecule has 0 bridgehead atoms. The molecule has 0 saturated heterocycles. The number of thiophene rings is 1. The zero-order valence-electron chi connectivity index (χ0n) is 18.5. The quantitative estimate of drug-likeness (QED) is 0.600. The summed E-state index contributed by atoms with van der Waals surface area (Å²) in [7, 11) is -3.00. The monoisotopic (exact) mass is 482 g/mol.